The molecule has 0 aliphatic rings. The first kappa shape index (κ1) is 29.9. The standard InChI is InChI=1S/2C14H22O3/c2*1-14(2,3)12-6-10(8-16-4)13(15)11(7-12)9-17-5/h2*6-7,15H,8-9H2,1-5H3. The summed E-state index contributed by atoms with van der Waals surface area (Å²) < 4.78 is 20.4. The Bertz CT molecular complexity index is 777. The highest BCUT2D eigenvalue weighted by molar-refractivity contribution is 5.46. The molecule has 0 saturated heterocycles. The van der Waals surface area contributed by atoms with Crippen LogP contribution in [0.25, 0.3) is 0 Å². The van der Waals surface area contributed by atoms with E-state index in [-0.39, 0.29) is 22.3 Å². The molecule has 192 valence electrons. The number of phenols is 2. The molecule has 2 N–H and O–H groups in total. The van der Waals surface area contributed by atoms with Gasteiger partial charge in [0.25, 0.3) is 0 Å². The van der Waals surface area contributed by atoms with Crippen LogP contribution in [0, 0.1) is 0 Å². The fraction of sp³-hybridized carbons (Fsp3) is 0.571. The lowest BCUT2D eigenvalue weighted by molar-refractivity contribution is 0.174. The lowest BCUT2D eigenvalue weighted by Crippen LogP contribution is -2.12. The second kappa shape index (κ2) is 13.1. The van der Waals surface area contributed by atoms with Crippen molar-refractivity contribution in [2.75, 3.05) is 28.4 Å². The monoisotopic (exact) mass is 476 g/mol. The van der Waals surface area contributed by atoms with Crippen LogP contribution >= 0.6 is 0 Å². The smallest absolute Gasteiger partial charge is 0.126 e. The average molecular weight is 477 g/mol. The molecular formula is C28H44O6. The van der Waals surface area contributed by atoms with E-state index in [0.29, 0.717) is 26.4 Å². The summed E-state index contributed by atoms with van der Waals surface area (Å²) >= 11 is 0. The zero-order valence-corrected chi connectivity index (χ0v) is 22.7. The van der Waals surface area contributed by atoms with E-state index < -0.39 is 0 Å². The van der Waals surface area contributed by atoms with Crippen molar-refractivity contribution in [1.82, 2.24) is 0 Å². The van der Waals surface area contributed by atoms with Crippen LogP contribution in [-0.2, 0) is 56.2 Å². The van der Waals surface area contributed by atoms with Crippen LogP contribution in [0.2, 0.25) is 0 Å². The van der Waals surface area contributed by atoms with E-state index in [4.69, 9.17) is 18.9 Å². The van der Waals surface area contributed by atoms with Crippen molar-refractivity contribution < 1.29 is 29.2 Å². The zero-order valence-electron chi connectivity index (χ0n) is 22.7. The molecule has 0 heterocycles. The van der Waals surface area contributed by atoms with Gasteiger partial charge in [0.1, 0.15) is 11.5 Å². The van der Waals surface area contributed by atoms with Gasteiger partial charge < -0.3 is 29.2 Å². The number of phenolic OH excluding ortho intramolecular Hbond substituents is 2. The van der Waals surface area contributed by atoms with Crippen LogP contribution in [0.5, 0.6) is 11.5 Å². The van der Waals surface area contributed by atoms with Crippen LogP contribution in [0.4, 0.5) is 0 Å². The third-order valence-corrected chi connectivity index (χ3v) is 5.47. The molecule has 0 aliphatic heterocycles. The number of aromatic hydroxyl groups is 2. The Hall–Kier alpha value is -2.12. The highest BCUT2D eigenvalue weighted by Gasteiger charge is 2.19. The minimum Gasteiger partial charge on any atom is -0.507 e. The predicted octanol–water partition coefficient (Wildman–Crippen LogP) is 5.97. The predicted molar refractivity (Wildman–Crippen MR) is 136 cm³/mol. The Labute approximate surface area is 205 Å². The Balaban J connectivity index is 0.000000340. The van der Waals surface area contributed by atoms with Crippen molar-refractivity contribution >= 4 is 0 Å². The summed E-state index contributed by atoms with van der Waals surface area (Å²) in [4.78, 5) is 0. The largest absolute Gasteiger partial charge is 0.507 e. The van der Waals surface area contributed by atoms with Crippen molar-refractivity contribution in [3.05, 3.63) is 57.6 Å². The molecule has 0 atom stereocenters. The minimum absolute atomic E-state index is 0.0404. The van der Waals surface area contributed by atoms with Gasteiger partial charge in [0, 0.05) is 50.7 Å². The molecule has 0 amide bonds. The summed E-state index contributed by atoms with van der Waals surface area (Å²) in [5.74, 6) is 0.559. The van der Waals surface area contributed by atoms with Gasteiger partial charge in [-0.05, 0) is 46.2 Å². The van der Waals surface area contributed by atoms with Crippen molar-refractivity contribution in [3.8, 4) is 11.5 Å². The normalized spacial score (nSPS) is 11.8. The lowest BCUT2D eigenvalue weighted by Gasteiger charge is -2.22. The Morgan fingerprint density at radius 3 is 0.853 bits per heavy atom. The Morgan fingerprint density at radius 2 is 0.706 bits per heavy atom. The van der Waals surface area contributed by atoms with Crippen LogP contribution in [-0.4, -0.2) is 38.7 Å². The first-order chi connectivity index (χ1) is 15.8. The quantitative estimate of drug-likeness (QED) is 0.489. The van der Waals surface area contributed by atoms with Crippen LogP contribution in [0.3, 0.4) is 0 Å². The van der Waals surface area contributed by atoms with E-state index in [1.807, 2.05) is 24.3 Å². The van der Waals surface area contributed by atoms with Gasteiger partial charge >= 0.3 is 0 Å². The van der Waals surface area contributed by atoms with Gasteiger partial charge in [0.15, 0.2) is 0 Å². The fourth-order valence-electron chi connectivity index (χ4n) is 3.45. The van der Waals surface area contributed by atoms with Gasteiger partial charge in [0.05, 0.1) is 26.4 Å². The maximum atomic E-state index is 10.1. The molecule has 2 aromatic carbocycles. The van der Waals surface area contributed by atoms with Crippen LogP contribution in [0.15, 0.2) is 24.3 Å². The lowest BCUT2D eigenvalue weighted by atomic mass is 9.85. The third-order valence-electron chi connectivity index (χ3n) is 5.47. The molecular weight excluding hydrogens is 432 g/mol. The Kier molecular flexibility index (Phi) is 11.5. The second-order valence-corrected chi connectivity index (χ2v) is 10.5. The van der Waals surface area contributed by atoms with E-state index in [1.54, 1.807) is 28.4 Å². The number of benzene rings is 2. The minimum atomic E-state index is 0.0404. The van der Waals surface area contributed by atoms with Gasteiger partial charge in [-0.15, -0.1) is 0 Å². The zero-order chi connectivity index (χ0) is 26.1. The van der Waals surface area contributed by atoms with Crippen molar-refractivity contribution in [2.24, 2.45) is 0 Å². The summed E-state index contributed by atoms with van der Waals surface area (Å²) in [7, 11) is 6.50. The van der Waals surface area contributed by atoms with Gasteiger partial charge in [-0.3, -0.25) is 0 Å². The summed E-state index contributed by atoms with van der Waals surface area (Å²) in [6, 6.07) is 7.99. The van der Waals surface area contributed by atoms with Crippen LogP contribution in [0.1, 0.15) is 74.9 Å². The van der Waals surface area contributed by atoms with Crippen molar-refractivity contribution in [2.45, 2.75) is 78.8 Å². The first-order valence-corrected chi connectivity index (χ1v) is 11.5. The number of ether oxygens (including phenoxy) is 4. The molecule has 2 aromatic rings. The SMILES string of the molecule is COCc1cc(C(C)(C)C)cc(COC)c1O.COCc1cc(C(C)(C)C)cc(COC)c1O. The Morgan fingerprint density at radius 1 is 0.500 bits per heavy atom. The van der Waals surface area contributed by atoms with Gasteiger partial charge in [0.2, 0.25) is 0 Å². The molecule has 0 unspecified atom stereocenters. The average Bonchev–Trinajstić information content (AvgIpc) is 2.73. The van der Waals surface area contributed by atoms with Gasteiger partial charge in [-0.2, -0.15) is 0 Å². The van der Waals surface area contributed by atoms with E-state index in [1.165, 1.54) is 11.1 Å². The molecule has 34 heavy (non-hydrogen) atoms. The van der Waals surface area contributed by atoms with Gasteiger partial charge in [-0.1, -0.05) is 41.5 Å². The highest BCUT2D eigenvalue weighted by Crippen LogP contribution is 2.33. The molecule has 6 heteroatoms. The third kappa shape index (κ3) is 8.58. The topological polar surface area (TPSA) is 77.4 Å². The molecule has 0 spiro atoms. The van der Waals surface area contributed by atoms with Crippen LogP contribution < -0.4 is 0 Å². The molecule has 0 bridgehead atoms. The van der Waals surface area contributed by atoms with E-state index >= 15 is 0 Å². The number of methoxy groups -OCH3 is 4. The fourth-order valence-corrected chi connectivity index (χ4v) is 3.45. The summed E-state index contributed by atoms with van der Waals surface area (Å²) in [6.45, 7) is 14.5. The van der Waals surface area contributed by atoms with Crippen molar-refractivity contribution in [1.29, 1.82) is 0 Å². The van der Waals surface area contributed by atoms with Gasteiger partial charge in [-0.25, -0.2) is 0 Å². The number of hydrogen-bond acceptors (Lipinski definition) is 6. The maximum absolute atomic E-state index is 10.1. The molecule has 0 fully saturated rings. The number of hydrogen-bond donors (Lipinski definition) is 2. The van der Waals surface area contributed by atoms with E-state index in [9.17, 15) is 10.2 Å². The second-order valence-electron chi connectivity index (χ2n) is 10.5. The maximum Gasteiger partial charge on any atom is 0.126 e. The molecule has 0 aromatic heterocycles. The van der Waals surface area contributed by atoms with E-state index in [2.05, 4.69) is 41.5 Å². The molecule has 0 saturated carbocycles. The summed E-state index contributed by atoms with van der Waals surface area (Å²) in [5, 5.41) is 20.2. The molecule has 6 nitrogen and oxygen atoms in total. The molecule has 0 aliphatic carbocycles. The first-order valence-electron chi connectivity index (χ1n) is 11.5. The molecule has 0 radical (unpaired) electrons. The summed E-state index contributed by atoms with van der Waals surface area (Å²) in [5.41, 5.74) is 5.68. The van der Waals surface area contributed by atoms with Crippen molar-refractivity contribution in [3.63, 3.8) is 0 Å². The molecule has 2 rings (SSSR count). The van der Waals surface area contributed by atoms with E-state index in [0.717, 1.165) is 22.3 Å². The summed E-state index contributed by atoms with van der Waals surface area (Å²) in [6.07, 6.45) is 0. The number of rotatable bonds is 8. The highest BCUT2D eigenvalue weighted by atomic mass is 16.5.